The second-order valence-corrected chi connectivity index (χ2v) is 12.2. The molecule has 9 heteroatoms. The van der Waals surface area contributed by atoms with Gasteiger partial charge < -0.3 is 10.2 Å². The van der Waals surface area contributed by atoms with Crippen LogP contribution in [0.25, 0.3) is 16.8 Å². The fraction of sp³-hybridized carbons (Fsp3) is 0.379. The van der Waals surface area contributed by atoms with E-state index >= 15 is 0 Å². The van der Waals surface area contributed by atoms with Gasteiger partial charge in [-0.3, -0.25) is 4.31 Å². The number of nitrogens with one attached hydrogen (secondary N) is 1. The van der Waals surface area contributed by atoms with E-state index in [0.29, 0.717) is 11.6 Å². The van der Waals surface area contributed by atoms with Crippen molar-refractivity contribution in [2.24, 2.45) is 0 Å². The van der Waals surface area contributed by atoms with Crippen LogP contribution in [0.15, 0.2) is 66.9 Å². The predicted octanol–water partition coefficient (Wildman–Crippen LogP) is 5.30. The highest BCUT2D eigenvalue weighted by molar-refractivity contribution is 7.92. The van der Waals surface area contributed by atoms with Crippen molar-refractivity contribution in [2.75, 3.05) is 42.6 Å². The molecule has 1 unspecified atom stereocenters. The van der Waals surface area contributed by atoms with Crippen LogP contribution in [0.2, 0.25) is 0 Å². The zero-order valence-corrected chi connectivity index (χ0v) is 23.4. The largest absolute Gasteiger partial charge is 0.323 e. The first-order valence-electron chi connectivity index (χ1n) is 13.2. The summed E-state index contributed by atoms with van der Waals surface area (Å²) in [7, 11) is -1.86. The molecule has 2 aromatic heterocycles. The van der Waals surface area contributed by atoms with E-state index in [1.807, 2.05) is 30.3 Å². The molecule has 0 amide bonds. The van der Waals surface area contributed by atoms with Crippen molar-refractivity contribution >= 4 is 32.9 Å². The van der Waals surface area contributed by atoms with Gasteiger partial charge in [0.15, 0.2) is 0 Å². The fourth-order valence-corrected chi connectivity index (χ4v) is 6.08. The van der Waals surface area contributed by atoms with Crippen LogP contribution in [-0.2, 0) is 15.4 Å². The number of hydrogen-bond acceptors (Lipinski definition) is 6. The number of nitrogens with zero attached hydrogens (tertiary/aromatic N) is 5. The number of sulfonamides is 1. The lowest BCUT2D eigenvalue weighted by atomic mass is 9.72. The molecule has 0 bridgehead atoms. The summed E-state index contributed by atoms with van der Waals surface area (Å²) < 4.78 is 27.6. The van der Waals surface area contributed by atoms with Gasteiger partial charge >= 0.3 is 0 Å². The number of likely N-dealkylation sites (N-methyl/N-ethyl adjacent to an activating group) is 1. The molecular weight excluding hydrogens is 496 g/mol. The van der Waals surface area contributed by atoms with E-state index in [2.05, 4.69) is 53.3 Å². The molecular formula is C29H36N6O2S. The van der Waals surface area contributed by atoms with Crippen LogP contribution in [0.4, 0.5) is 17.3 Å². The molecule has 1 N–H and O–H groups in total. The average molecular weight is 533 g/mol. The standard InChI is InChI=1S/C29H36N6O2S/c1-5-29(18-9-19-34(6-2)21-29)22-12-14-23(15-13-22)31-28-30-20-24-16-17-27(35(24)32-28)25-10-7-8-11-26(25)33(3)38(4,36)37/h7-8,10-17,20H,5-6,9,18-19,21H2,1-4H3,(H,31,32). The van der Waals surface area contributed by atoms with Gasteiger partial charge in [-0.15, -0.1) is 5.10 Å². The van der Waals surface area contributed by atoms with Gasteiger partial charge in [0.25, 0.3) is 0 Å². The molecule has 38 heavy (non-hydrogen) atoms. The van der Waals surface area contributed by atoms with Gasteiger partial charge in [-0.25, -0.2) is 17.9 Å². The van der Waals surface area contributed by atoms with Crippen LogP contribution in [-0.4, -0.2) is 60.9 Å². The van der Waals surface area contributed by atoms with Crippen LogP contribution >= 0.6 is 0 Å². The van der Waals surface area contributed by atoms with E-state index in [9.17, 15) is 8.42 Å². The van der Waals surface area contributed by atoms with E-state index in [1.54, 1.807) is 23.8 Å². The molecule has 2 aromatic carbocycles. The highest BCUT2D eigenvalue weighted by atomic mass is 32.2. The molecule has 1 aliphatic rings. The molecule has 1 saturated heterocycles. The lowest BCUT2D eigenvalue weighted by molar-refractivity contribution is 0.148. The Morgan fingerprint density at radius 2 is 1.82 bits per heavy atom. The minimum atomic E-state index is -3.42. The predicted molar refractivity (Wildman–Crippen MR) is 155 cm³/mol. The first-order valence-corrected chi connectivity index (χ1v) is 15.1. The second kappa shape index (κ2) is 10.4. The highest BCUT2D eigenvalue weighted by Gasteiger charge is 2.34. The zero-order chi connectivity index (χ0) is 26.9. The molecule has 1 aliphatic heterocycles. The summed E-state index contributed by atoms with van der Waals surface area (Å²) in [5.74, 6) is 0.469. The lowest BCUT2D eigenvalue weighted by Crippen LogP contribution is -2.45. The van der Waals surface area contributed by atoms with Crippen LogP contribution < -0.4 is 9.62 Å². The first-order chi connectivity index (χ1) is 18.2. The third-order valence-corrected chi connectivity index (χ3v) is 9.14. The Labute approximate surface area is 225 Å². The summed E-state index contributed by atoms with van der Waals surface area (Å²) in [4.78, 5) is 7.07. The molecule has 0 saturated carbocycles. The van der Waals surface area contributed by atoms with Crippen LogP contribution in [0.1, 0.15) is 38.7 Å². The first kappa shape index (κ1) is 26.2. The molecule has 8 nitrogen and oxygen atoms in total. The van der Waals surface area contributed by atoms with Crippen LogP contribution in [0, 0.1) is 0 Å². The molecule has 1 fully saturated rings. The zero-order valence-electron chi connectivity index (χ0n) is 22.6. The Morgan fingerprint density at radius 3 is 2.53 bits per heavy atom. The van der Waals surface area contributed by atoms with Crippen LogP contribution in [0.3, 0.4) is 0 Å². The van der Waals surface area contributed by atoms with Gasteiger partial charge in [0, 0.05) is 30.3 Å². The fourth-order valence-electron chi connectivity index (χ4n) is 5.57. The summed E-state index contributed by atoms with van der Waals surface area (Å²) >= 11 is 0. The van der Waals surface area contributed by atoms with Crippen molar-refractivity contribution in [3.05, 3.63) is 72.4 Å². The molecule has 200 valence electrons. The van der Waals surface area contributed by atoms with Gasteiger partial charge in [0.05, 0.1) is 29.4 Å². The summed E-state index contributed by atoms with van der Waals surface area (Å²) in [5, 5.41) is 8.10. The van der Waals surface area contributed by atoms with Crippen molar-refractivity contribution in [1.29, 1.82) is 0 Å². The summed E-state index contributed by atoms with van der Waals surface area (Å²) in [6.45, 7) is 7.94. The van der Waals surface area contributed by atoms with Crippen molar-refractivity contribution < 1.29 is 8.42 Å². The molecule has 3 heterocycles. The highest BCUT2D eigenvalue weighted by Crippen LogP contribution is 2.38. The number of para-hydroxylation sites is 1. The van der Waals surface area contributed by atoms with E-state index < -0.39 is 10.0 Å². The second-order valence-electron chi connectivity index (χ2n) is 10.2. The third kappa shape index (κ3) is 5.00. The Morgan fingerprint density at radius 1 is 1.05 bits per heavy atom. The van der Waals surface area contributed by atoms with Gasteiger partial charge in [-0.2, -0.15) is 0 Å². The summed E-state index contributed by atoms with van der Waals surface area (Å²) in [6.07, 6.45) is 6.55. The molecule has 4 aromatic rings. The van der Waals surface area contributed by atoms with Crippen molar-refractivity contribution in [3.8, 4) is 11.3 Å². The van der Waals surface area contributed by atoms with E-state index in [1.165, 1.54) is 35.5 Å². The Kier molecular flexibility index (Phi) is 7.15. The molecule has 0 aliphatic carbocycles. The maximum absolute atomic E-state index is 12.3. The Hall–Kier alpha value is -3.43. The number of piperidine rings is 1. The van der Waals surface area contributed by atoms with Crippen molar-refractivity contribution in [2.45, 2.75) is 38.5 Å². The number of benzene rings is 2. The minimum Gasteiger partial charge on any atom is -0.323 e. The van der Waals surface area contributed by atoms with Gasteiger partial charge in [0.1, 0.15) is 0 Å². The minimum absolute atomic E-state index is 0.203. The summed E-state index contributed by atoms with van der Waals surface area (Å²) in [5.41, 5.74) is 5.48. The number of likely N-dealkylation sites (tertiary alicyclic amines) is 1. The number of fused-ring (bicyclic) bond motifs is 1. The maximum Gasteiger partial charge on any atom is 0.245 e. The monoisotopic (exact) mass is 532 g/mol. The molecule has 5 rings (SSSR count). The smallest absolute Gasteiger partial charge is 0.245 e. The molecule has 0 spiro atoms. The average Bonchev–Trinajstić information content (AvgIpc) is 3.35. The van der Waals surface area contributed by atoms with Crippen LogP contribution in [0.5, 0.6) is 0 Å². The topological polar surface area (TPSA) is 82.8 Å². The maximum atomic E-state index is 12.3. The third-order valence-electron chi connectivity index (χ3n) is 7.95. The van der Waals surface area contributed by atoms with Gasteiger partial charge in [-0.05, 0) is 68.2 Å². The lowest BCUT2D eigenvalue weighted by Gasteiger charge is -2.42. The Balaban J connectivity index is 1.43. The quantitative estimate of drug-likeness (QED) is 0.332. The number of hydrogen-bond donors (Lipinski definition) is 1. The van der Waals surface area contributed by atoms with Crippen molar-refractivity contribution in [1.82, 2.24) is 19.5 Å². The summed E-state index contributed by atoms with van der Waals surface area (Å²) in [6, 6.07) is 20.0. The molecule has 0 radical (unpaired) electrons. The van der Waals surface area contributed by atoms with Gasteiger partial charge in [-0.1, -0.05) is 44.2 Å². The van der Waals surface area contributed by atoms with E-state index in [-0.39, 0.29) is 5.41 Å². The SMILES string of the molecule is CCN1CCCC(CC)(c2ccc(Nc3ncc4ccc(-c5ccccc5N(C)S(C)(=O)=O)n4n3)cc2)C1. The number of aromatic nitrogens is 3. The van der Waals surface area contributed by atoms with Gasteiger partial charge in [0.2, 0.25) is 16.0 Å². The number of rotatable bonds is 8. The number of anilines is 3. The Bertz CT molecular complexity index is 1530. The van der Waals surface area contributed by atoms with E-state index in [4.69, 9.17) is 5.10 Å². The molecule has 1 atom stereocenters. The normalized spacial score (nSPS) is 18.5. The van der Waals surface area contributed by atoms with Crippen molar-refractivity contribution in [3.63, 3.8) is 0 Å². The van der Waals surface area contributed by atoms with E-state index in [0.717, 1.165) is 42.0 Å².